The average molecular weight is 894 g/mol. The number of carbonyl (C=O) groups is 7. The third-order valence-electron chi connectivity index (χ3n) is 11.1. The predicted octanol–water partition coefficient (Wildman–Crippen LogP) is 2.78. The summed E-state index contributed by atoms with van der Waals surface area (Å²) < 4.78 is 5.31. The van der Waals surface area contributed by atoms with Crippen LogP contribution in [-0.4, -0.2) is 96.4 Å². The average Bonchev–Trinajstić information content (AvgIpc) is 3.69. The monoisotopic (exact) mass is 893 g/mol. The number of aromatic nitrogens is 1. The van der Waals surface area contributed by atoms with E-state index in [1.807, 2.05) is 98.8 Å². The molecule has 3 aromatic carbocycles. The molecule has 2 unspecified atom stereocenters. The molecule has 0 saturated carbocycles. The van der Waals surface area contributed by atoms with E-state index >= 15 is 0 Å². The molecule has 0 aliphatic carbocycles. The summed E-state index contributed by atoms with van der Waals surface area (Å²) >= 11 is 0. The number of primary amides is 1. The third-order valence-corrected chi connectivity index (χ3v) is 11.1. The molecule has 0 bridgehead atoms. The van der Waals surface area contributed by atoms with Gasteiger partial charge in [0.2, 0.25) is 35.4 Å². The van der Waals surface area contributed by atoms with E-state index < -0.39 is 65.8 Å². The summed E-state index contributed by atoms with van der Waals surface area (Å²) in [6.07, 6.45) is 2.65. The zero-order valence-electron chi connectivity index (χ0n) is 37.2. The van der Waals surface area contributed by atoms with E-state index in [0.29, 0.717) is 24.8 Å². The van der Waals surface area contributed by atoms with Gasteiger partial charge in [-0.15, -0.1) is 0 Å². The maximum atomic E-state index is 14.4. The largest absolute Gasteiger partial charge is 0.445 e. The second kappa shape index (κ2) is 25.5. The number of hydrogen-bond acceptors (Lipinski definition) is 9. The Labute approximate surface area is 379 Å². The topological polar surface area (TPSA) is 255 Å². The second-order valence-electron chi connectivity index (χ2n) is 16.8. The van der Waals surface area contributed by atoms with Gasteiger partial charge in [0.05, 0.1) is 6.04 Å². The van der Waals surface area contributed by atoms with E-state index in [2.05, 4.69) is 42.2 Å². The van der Waals surface area contributed by atoms with Crippen LogP contribution in [0, 0.1) is 5.92 Å². The Morgan fingerprint density at radius 2 is 1.35 bits per heavy atom. The predicted molar refractivity (Wildman–Crippen MR) is 246 cm³/mol. The molecule has 17 nitrogen and oxygen atoms in total. The van der Waals surface area contributed by atoms with Crippen molar-refractivity contribution in [2.24, 2.45) is 11.7 Å². The van der Waals surface area contributed by atoms with Crippen LogP contribution in [0.25, 0.3) is 10.9 Å². The molecular formula is C48H63N9O8. The van der Waals surface area contributed by atoms with Crippen LogP contribution >= 0.6 is 0 Å². The zero-order valence-corrected chi connectivity index (χ0v) is 37.2. The number of rotatable bonds is 16. The minimum Gasteiger partial charge on any atom is -0.445 e. The number of aromatic amines is 1. The molecular weight excluding hydrogens is 831 g/mol. The highest BCUT2D eigenvalue weighted by Gasteiger charge is 2.32. The van der Waals surface area contributed by atoms with Gasteiger partial charge in [-0.3, -0.25) is 28.8 Å². The number of carbonyl (C=O) groups excluding carboxylic acids is 7. The summed E-state index contributed by atoms with van der Waals surface area (Å²) in [6, 6.07) is 21.0. The highest BCUT2D eigenvalue weighted by Crippen LogP contribution is 2.20. The lowest BCUT2D eigenvalue weighted by Gasteiger charge is -2.27. The van der Waals surface area contributed by atoms with Crippen molar-refractivity contribution in [1.29, 1.82) is 0 Å². The highest BCUT2D eigenvalue weighted by molar-refractivity contribution is 5.96. The first kappa shape index (κ1) is 49.3. The van der Waals surface area contributed by atoms with Gasteiger partial charge in [0.1, 0.15) is 24.7 Å². The molecule has 1 saturated heterocycles. The van der Waals surface area contributed by atoms with Crippen LogP contribution in [0.1, 0.15) is 75.5 Å². The molecule has 1 aliphatic rings. The van der Waals surface area contributed by atoms with Crippen LogP contribution in [0.5, 0.6) is 0 Å². The number of hydrogen-bond donors (Lipinski definition) is 9. The fourth-order valence-corrected chi connectivity index (χ4v) is 7.69. The van der Waals surface area contributed by atoms with Crippen molar-refractivity contribution in [2.45, 2.75) is 108 Å². The lowest BCUT2D eigenvalue weighted by atomic mass is 10.0. The number of para-hydroxylation sites is 1. The van der Waals surface area contributed by atoms with E-state index in [0.717, 1.165) is 22.0 Å². The SMILES string of the molecule is CC(C)CC1CNC(CCCCNC(=O)OCc2ccccc2)C(=O)N[C@@H](CCC(N)=O)C(=O)N[C@@H](Cc2c[nH]c3ccccc23)C(=O)N[C@@H](Cc2ccccc2)C(=O)NCCC(=O)N1. The maximum absolute atomic E-state index is 14.4. The molecule has 7 amide bonds. The van der Waals surface area contributed by atoms with Gasteiger partial charge in [0.25, 0.3) is 0 Å². The first-order valence-corrected chi connectivity index (χ1v) is 22.4. The van der Waals surface area contributed by atoms with Gasteiger partial charge < -0.3 is 52.7 Å². The van der Waals surface area contributed by atoms with Gasteiger partial charge in [0.15, 0.2) is 0 Å². The van der Waals surface area contributed by atoms with Crippen molar-refractivity contribution in [3.05, 3.63) is 108 Å². The van der Waals surface area contributed by atoms with Gasteiger partial charge in [-0.2, -0.15) is 0 Å². The van der Waals surface area contributed by atoms with Crippen LogP contribution in [0.2, 0.25) is 0 Å². The van der Waals surface area contributed by atoms with Gasteiger partial charge in [0, 0.05) is 68.5 Å². The minimum absolute atomic E-state index is 0.00712. The summed E-state index contributed by atoms with van der Waals surface area (Å²) in [5, 5.41) is 21.2. The van der Waals surface area contributed by atoms with Crippen LogP contribution < -0.4 is 43.0 Å². The molecule has 2 heterocycles. The maximum Gasteiger partial charge on any atom is 0.407 e. The Balaban J connectivity index is 1.39. The van der Waals surface area contributed by atoms with Crippen LogP contribution in [0.15, 0.2) is 91.1 Å². The number of amides is 7. The summed E-state index contributed by atoms with van der Waals surface area (Å²) in [4.78, 5) is 97.8. The van der Waals surface area contributed by atoms with Crippen LogP contribution in [0.3, 0.4) is 0 Å². The molecule has 1 aliphatic heterocycles. The molecule has 5 rings (SSSR count). The molecule has 0 radical (unpaired) electrons. The Bertz CT molecular complexity index is 2200. The summed E-state index contributed by atoms with van der Waals surface area (Å²) in [6.45, 7) is 4.61. The molecule has 65 heavy (non-hydrogen) atoms. The van der Waals surface area contributed by atoms with Gasteiger partial charge in [-0.1, -0.05) is 92.7 Å². The summed E-state index contributed by atoms with van der Waals surface area (Å²) in [7, 11) is 0. The van der Waals surface area contributed by atoms with E-state index in [1.54, 1.807) is 6.20 Å². The lowest BCUT2D eigenvalue weighted by molar-refractivity contribution is -0.134. The first-order valence-electron chi connectivity index (χ1n) is 22.4. The number of unbranched alkanes of at least 4 members (excludes halogenated alkanes) is 1. The number of ether oxygens (including phenoxy) is 1. The van der Waals surface area contributed by atoms with Gasteiger partial charge in [-0.05, 0) is 60.8 Å². The standard InChI is InChI=1S/C48H63N9O8/c1-31(2)25-35-29-53-38(19-11-12-23-51-48(64)65-30-33-15-7-4-8-16-33)45(61)55-39(20-21-42(49)58)46(62)57-41(27-34-28-52-37-18-10-9-17-36(34)37)47(63)56-40(26-32-13-5-3-6-14-32)44(60)50-24-22-43(59)54-35/h3-10,13-18,28,31,35,38-41,52-53H,11-12,19-27,29-30H2,1-2H3,(H2,49,58)(H,50,60)(H,51,64)(H,54,59)(H,55,61)(H,56,63)(H,57,62)/t35?,38?,39-,40-,41-/m0/s1. The Hall–Kier alpha value is -6.75. The highest BCUT2D eigenvalue weighted by atomic mass is 16.5. The van der Waals surface area contributed by atoms with Gasteiger partial charge in [-0.25, -0.2) is 4.79 Å². The summed E-state index contributed by atoms with van der Waals surface area (Å²) in [5.41, 5.74) is 8.69. The lowest BCUT2D eigenvalue weighted by Crippen LogP contribution is -2.59. The van der Waals surface area contributed by atoms with Crippen molar-refractivity contribution in [3.63, 3.8) is 0 Å². The van der Waals surface area contributed by atoms with Crippen molar-refractivity contribution >= 4 is 52.4 Å². The zero-order chi connectivity index (χ0) is 46.6. The molecule has 348 valence electrons. The summed E-state index contributed by atoms with van der Waals surface area (Å²) in [5.74, 6) is -3.29. The fourth-order valence-electron chi connectivity index (χ4n) is 7.69. The van der Waals surface area contributed by atoms with Crippen LogP contribution in [0.4, 0.5) is 4.79 Å². The number of fused-ring (bicyclic) bond motifs is 1. The number of H-pyrrole nitrogens is 1. The number of nitrogens with two attached hydrogens (primary N) is 1. The van der Waals surface area contributed by atoms with E-state index in [1.165, 1.54) is 0 Å². The molecule has 5 atom stereocenters. The normalized spacial score (nSPS) is 20.5. The van der Waals surface area contributed by atoms with Crippen LogP contribution in [-0.2, 0) is 53.0 Å². The van der Waals surface area contributed by atoms with E-state index in [-0.39, 0.29) is 76.6 Å². The molecule has 1 aromatic heterocycles. The quantitative estimate of drug-likeness (QED) is 0.0749. The van der Waals surface area contributed by atoms with Crippen molar-refractivity contribution in [3.8, 4) is 0 Å². The Morgan fingerprint density at radius 1 is 0.723 bits per heavy atom. The van der Waals surface area contributed by atoms with Crippen molar-refractivity contribution in [1.82, 2.24) is 42.2 Å². The van der Waals surface area contributed by atoms with Crippen molar-refractivity contribution < 1.29 is 38.3 Å². The Kier molecular flexibility index (Phi) is 19.3. The molecule has 10 N–H and O–H groups in total. The van der Waals surface area contributed by atoms with E-state index in [9.17, 15) is 33.6 Å². The number of alkyl carbamates (subject to hydrolysis) is 1. The molecule has 1 fully saturated rings. The van der Waals surface area contributed by atoms with E-state index in [4.69, 9.17) is 10.5 Å². The van der Waals surface area contributed by atoms with Crippen molar-refractivity contribution in [2.75, 3.05) is 19.6 Å². The molecule has 4 aromatic rings. The third kappa shape index (κ3) is 16.7. The van der Waals surface area contributed by atoms with Gasteiger partial charge >= 0.3 is 6.09 Å². The number of benzene rings is 3. The fraction of sp³-hybridized carbons (Fsp3) is 0.438. The smallest absolute Gasteiger partial charge is 0.407 e. The Morgan fingerprint density at radius 3 is 2.06 bits per heavy atom. The second-order valence-corrected chi connectivity index (χ2v) is 16.8. The molecule has 17 heteroatoms. The minimum atomic E-state index is -1.30. The molecule has 0 spiro atoms. The number of nitrogens with one attached hydrogen (secondary N) is 8. The first-order chi connectivity index (χ1) is 31.3.